The summed E-state index contributed by atoms with van der Waals surface area (Å²) in [5.41, 5.74) is 3.46. The molecule has 1 aliphatic rings. The molecule has 4 heteroatoms. The predicted octanol–water partition coefficient (Wildman–Crippen LogP) is 2.39. The van der Waals surface area contributed by atoms with E-state index in [1.807, 2.05) is 0 Å². The Morgan fingerprint density at radius 1 is 1.50 bits per heavy atom. The first kappa shape index (κ1) is 9.90. The van der Waals surface area contributed by atoms with Crippen LogP contribution in [-0.4, -0.2) is 0 Å². The molecule has 0 heterocycles. The van der Waals surface area contributed by atoms with Crippen LogP contribution in [0.2, 0.25) is 5.02 Å². The van der Waals surface area contributed by atoms with Gasteiger partial charge in [-0.15, -0.1) is 0 Å². The monoisotopic (exact) mass is 214 g/mol. The van der Waals surface area contributed by atoms with Gasteiger partial charge in [0.25, 0.3) is 0 Å². The van der Waals surface area contributed by atoms with Gasteiger partial charge < -0.3 is 0 Å². The number of nitrogens with two attached hydrogens (primary N) is 1. The first-order valence-corrected chi connectivity index (χ1v) is 5.01. The van der Waals surface area contributed by atoms with Crippen LogP contribution in [0.5, 0.6) is 0 Å². The van der Waals surface area contributed by atoms with Gasteiger partial charge in [-0.1, -0.05) is 11.6 Å². The molecule has 0 aliphatic heterocycles. The smallest absolute Gasteiger partial charge is 0.123 e. The van der Waals surface area contributed by atoms with Gasteiger partial charge in [-0.05, 0) is 42.5 Å². The molecule has 2 rings (SSSR count). The van der Waals surface area contributed by atoms with E-state index in [0.29, 0.717) is 10.9 Å². The van der Waals surface area contributed by atoms with E-state index in [4.69, 9.17) is 17.4 Å². The molecular weight excluding hydrogens is 203 g/mol. The van der Waals surface area contributed by atoms with E-state index >= 15 is 0 Å². The van der Waals surface area contributed by atoms with Crippen LogP contribution < -0.4 is 11.3 Å². The van der Waals surface area contributed by atoms with Gasteiger partial charge in [0.15, 0.2) is 0 Å². The molecule has 2 nitrogen and oxygen atoms in total. The summed E-state index contributed by atoms with van der Waals surface area (Å²) in [6.07, 6.45) is 2.25. The third-order valence-electron chi connectivity index (χ3n) is 2.57. The van der Waals surface area contributed by atoms with Gasteiger partial charge in [0, 0.05) is 5.02 Å². The fraction of sp³-hybridized carbons (Fsp3) is 0.400. The van der Waals surface area contributed by atoms with Crippen molar-refractivity contribution in [1.82, 2.24) is 5.43 Å². The summed E-state index contributed by atoms with van der Waals surface area (Å²) in [7, 11) is 0. The molecule has 1 fully saturated rings. The maximum absolute atomic E-state index is 13.0. The number of benzene rings is 1. The van der Waals surface area contributed by atoms with Crippen molar-refractivity contribution in [2.24, 2.45) is 11.8 Å². The minimum atomic E-state index is -0.273. The summed E-state index contributed by atoms with van der Waals surface area (Å²) >= 11 is 5.98. The number of hydrogen-bond acceptors (Lipinski definition) is 2. The number of halogens is 2. The van der Waals surface area contributed by atoms with Gasteiger partial charge in [0.1, 0.15) is 5.82 Å². The average Bonchev–Trinajstić information content (AvgIpc) is 2.96. The molecule has 3 N–H and O–H groups in total. The standard InChI is InChI=1S/C10H12ClFN2/c11-9-4-3-7(12)5-8(9)10(14-13)6-1-2-6/h3-6,10,14H,1-2,13H2. The molecule has 0 aromatic heterocycles. The molecule has 1 saturated carbocycles. The van der Waals surface area contributed by atoms with Crippen LogP contribution in [0.4, 0.5) is 4.39 Å². The van der Waals surface area contributed by atoms with Crippen molar-refractivity contribution in [3.8, 4) is 0 Å². The van der Waals surface area contributed by atoms with Gasteiger partial charge in [-0.2, -0.15) is 0 Å². The average molecular weight is 215 g/mol. The van der Waals surface area contributed by atoms with E-state index in [2.05, 4.69) is 5.43 Å². The first-order chi connectivity index (χ1) is 6.72. The lowest BCUT2D eigenvalue weighted by atomic mass is 10.0. The molecule has 1 aliphatic carbocycles. The highest BCUT2D eigenvalue weighted by Gasteiger charge is 2.32. The molecule has 1 aromatic rings. The van der Waals surface area contributed by atoms with Crippen LogP contribution in [0.25, 0.3) is 0 Å². The zero-order valence-electron chi connectivity index (χ0n) is 7.63. The second-order valence-corrected chi connectivity index (χ2v) is 4.05. The van der Waals surface area contributed by atoms with E-state index in [1.165, 1.54) is 12.1 Å². The van der Waals surface area contributed by atoms with Crippen molar-refractivity contribution in [2.75, 3.05) is 0 Å². The topological polar surface area (TPSA) is 38.0 Å². The van der Waals surface area contributed by atoms with E-state index in [0.717, 1.165) is 18.4 Å². The fourth-order valence-corrected chi connectivity index (χ4v) is 1.90. The quantitative estimate of drug-likeness (QED) is 0.599. The van der Waals surface area contributed by atoms with Crippen molar-refractivity contribution in [2.45, 2.75) is 18.9 Å². The number of hydrazine groups is 1. The first-order valence-electron chi connectivity index (χ1n) is 4.63. The lowest BCUT2D eigenvalue weighted by molar-refractivity contribution is 0.493. The van der Waals surface area contributed by atoms with Crippen LogP contribution in [-0.2, 0) is 0 Å². The van der Waals surface area contributed by atoms with Gasteiger partial charge in [-0.3, -0.25) is 11.3 Å². The zero-order chi connectivity index (χ0) is 10.1. The predicted molar refractivity (Wildman–Crippen MR) is 54.2 cm³/mol. The lowest BCUT2D eigenvalue weighted by Gasteiger charge is -2.16. The summed E-state index contributed by atoms with van der Waals surface area (Å²) in [4.78, 5) is 0. The van der Waals surface area contributed by atoms with Gasteiger partial charge in [0.05, 0.1) is 6.04 Å². The highest BCUT2D eigenvalue weighted by atomic mass is 35.5. The Balaban J connectivity index is 2.32. The number of hydrogen-bond donors (Lipinski definition) is 2. The Hall–Kier alpha value is -0.640. The van der Waals surface area contributed by atoms with Crippen LogP contribution in [0.1, 0.15) is 24.4 Å². The number of nitrogens with one attached hydrogen (secondary N) is 1. The summed E-state index contributed by atoms with van der Waals surface area (Å²) in [5.74, 6) is 5.66. The molecule has 0 spiro atoms. The van der Waals surface area contributed by atoms with Crippen molar-refractivity contribution in [3.05, 3.63) is 34.6 Å². The molecule has 0 radical (unpaired) electrons. The van der Waals surface area contributed by atoms with Crippen molar-refractivity contribution in [3.63, 3.8) is 0 Å². The highest BCUT2D eigenvalue weighted by molar-refractivity contribution is 6.31. The second-order valence-electron chi connectivity index (χ2n) is 3.65. The fourth-order valence-electron chi connectivity index (χ4n) is 1.66. The van der Waals surface area contributed by atoms with Crippen molar-refractivity contribution in [1.29, 1.82) is 0 Å². The van der Waals surface area contributed by atoms with E-state index in [-0.39, 0.29) is 11.9 Å². The van der Waals surface area contributed by atoms with Gasteiger partial charge >= 0.3 is 0 Å². The maximum atomic E-state index is 13.0. The zero-order valence-corrected chi connectivity index (χ0v) is 8.39. The van der Waals surface area contributed by atoms with Crippen LogP contribution in [0.3, 0.4) is 0 Å². The van der Waals surface area contributed by atoms with Crippen LogP contribution in [0.15, 0.2) is 18.2 Å². The molecule has 1 atom stereocenters. The summed E-state index contributed by atoms with van der Waals surface area (Å²) in [6, 6.07) is 4.36. The summed E-state index contributed by atoms with van der Waals surface area (Å²) in [5, 5.41) is 0.571. The maximum Gasteiger partial charge on any atom is 0.123 e. The van der Waals surface area contributed by atoms with E-state index < -0.39 is 0 Å². The molecule has 0 bridgehead atoms. The molecule has 0 amide bonds. The third-order valence-corrected chi connectivity index (χ3v) is 2.91. The molecule has 76 valence electrons. The lowest BCUT2D eigenvalue weighted by Crippen LogP contribution is -2.29. The normalized spacial score (nSPS) is 18.2. The Bertz CT molecular complexity index is 339. The molecular formula is C10H12ClFN2. The van der Waals surface area contributed by atoms with E-state index in [1.54, 1.807) is 6.07 Å². The van der Waals surface area contributed by atoms with Crippen LogP contribution >= 0.6 is 11.6 Å². The van der Waals surface area contributed by atoms with E-state index in [9.17, 15) is 4.39 Å². The summed E-state index contributed by atoms with van der Waals surface area (Å²) < 4.78 is 13.0. The highest BCUT2D eigenvalue weighted by Crippen LogP contribution is 2.42. The van der Waals surface area contributed by atoms with Crippen LogP contribution in [0, 0.1) is 11.7 Å². The molecule has 1 aromatic carbocycles. The van der Waals surface area contributed by atoms with Crippen molar-refractivity contribution < 1.29 is 4.39 Å². The largest absolute Gasteiger partial charge is 0.271 e. The minimum Gasteiger partial charge on any atom is -0.271 e. The molecule has 14 heavy (non-hydrogen) atoms. The third kappa shape index (κ3) is 1.90. The minimum absolute atomic E-state index is 0.0156. The number of rotatable bonds is 3. The Morgan fingerprint density at radius 3 is 2.79 bits per heavy atom. The summed E-state index contributed by atoms with van der Waals surface area (Å²) in [6.45, 7) is 0. The molecule has 1 unspecified atom stereocenters. The van der Waals surface area contributed by atoms with Gasteiger partial charge in [-0.25, -0.2) is 4.39 Å². The Kier molecular flexibility index (Phi) is 2.72. The van der Waals surface area contributed by atoms with Gasteiger partial charge in [0.2, 0.25) is 0 Å². The van der Waals surface area contributed by atoms with Crippen molar-refractivity contribution >= 4 is 11.6 Å². The molecule has 0 saturated heterocycles. The second kappa shape index (κ2) is 3.85. The Morgan fingerprint density at radius 2 is 2.21 bits per heavy atom. The Labute approximate surface area is 87.2 Å². The SMILES string of the molecule is NNC(c1cc(F)ccc1Cl)C1CC1.